The molecule has 0 N–H and O–H groups in total. The van der Waals surface area contributed by atoms with Crippen LogP contribution in [-0.4, -0.2) is 65.0 Å². The molecule has 0 radical (unpaired) electrons. The maximum atomic E-state index is 13.0. The third-order valence-corrected chi connectivity index (χ3v) is 6.56. The first-order chi connectivity index (χ1) is 22.9. The Kier molecular flexibility index (Phi) is 13.3. The van der Waals surface area contributed by atoms with Crippen molar-refractivity contribution >= 4 is 23.9 Å². The zero-order valence-electron chi connectivity index (χ0n) is 27.2. The molecule has 0 heterocycles. The molecule has 0 aliphatic carbocycles. The lowest BCUT2D eigenvalue weighted by molar-refractivity contribution is -0.131. The van der Waals surface area contributed by atoms with Crippen LogP contribution in [0.15, 0.2) is 104 Å². The van der Waals surface area contributed by atoms with Gasteiger partial charge in [-0.3, -0.25) is 0 Å². The summed E-state index contributed by atoms with van der Waals surface area (Å²) in [5.41, 5.74) is 2.76. The molecule has 48 heavy (non-hydrogen) atoms. The molecule has 0 aromatic heterocycles. The number of ether oxygens (including phenoxy) is 7. The molecule has 11 heteroatoms. The fourth-order valence-electron chi connectivity index (χ4n) is 4.25. The molecule has 3 rings (SSSR count). The van der Waals surface area contributed by atoms with E-state index in [0.29, 0.717) is 27.8 Å². The summed E-state index contributed by atoms with van der Waals surface area (Å²) in [5.74, 6) is -2.13. The number of esters is 4. The van der Waals surface area contributed by atoms with Gasteiger partial charge >= 0.3 is 23.9 Å². The normalized spacial score (nSPS) is 10.4. The zero-order chi connectivity index (χ0) is 35.4. The molecule has 0 saturated heterocycles. The van der Waals surface area contributed by atoms with Crippen molar-refractivity contribution in [1.29, 1.82) is 0 Å². The smallest absolute Gasteiger partial charge is 0.341 e. The van der Waals surface area contributed by atoms with Crippen LogP contribution in [-0.2, 0) is 33.4 Å². The molecule has 11 nitrogen and oxygen atoms in total. The molecule has 0 bridgehead atoms. The first-order valence-corrected chi connectivity index (χ1v) is 14.3. The minimum atomic E-state index is -0.752. The van der Waals surface area contributed by atoms with Gasteiger partial charge in [0.05, 0.1) is 36.5 Å². The highest BCUT2D eigenvalue weighted by molar-refractivity contribution is 5.94. The van der Waals surface area contributed by atoms with Crippen LogP contribution in [0.25, 0.3) is 22.3 Å². The van der Waals surface area contributed by atoms with Crippen LogP contribution in [0.3, 0.4) is 0 Å². The Morgan fingerprint density at radius 3 is 1.54 bits per heavy atom. The molecule has 3 aromatic rings. The predicted molar refractivity (Wildman–Crippen MR) is 178 cm³/mol. The summed E-state index contributed by atoms with van der Waals surface area (Å²) < 4.78 is 37.1. The first kappa shape index (κ1) is 36.8. The van der Waals surface area contributed by atoms with E-state index in [0.717, 1.165) is 6.08 Å². The molecular formula is C37H36O11. The van der Waals surface area contributed by atoms with E-state index in [9.17, 15) is 19.2 Å². The van der Waals surface area contributed by atoms with Gasteiger partial charge in [-0.1, -0.05) is 44.5 Å². The molecule has 0 unspecified atom stereocenters. The van der Waals surface area contributed by atoms with Crippen molar-refractivity contribution in [3.8, 4) is 45.3 Å². The number of methoxy groups -OCH3 is 3. The van der Waals surface area contributed by atoms with Gasteiger partial charge in [-0.15, -0.1) is 0 Å². The van der Waals surface area contributed by atoms with Gasteiger partial charge in [0.1, 0.15) is 23.0 Å². The van der Waals surface area contributed by atoms with Crippen molar-refractivity contribution in [3.05, 3.63) is 109 Å². The number of carbonyl (C=O) groups excluding carboxylic acids is 4. The summed E-state index contributed by atoms with van der Waals surface area (Å²) in [6.45, 7) is 16.2. The maximum Gasteiger partial charge on any atom is 0.341 e. The van der Waals surface area contributed by atoms with E-state index in [1.807, 2.05) is 0 Å². The largest absolute Gasteiger partial charge is 0.423 e. The summed E-state index contributed by atoms with van der Waals surface area (Å²) in [5, 5.41) is 0. The van der Waals surface area contributed by atoms with E-state index in [2.05, 4.69) is 26.3 Å². The second-order valence-electron chi connectivity index (χ2n) is 10.2. The van der Waals surface area contributed by atoms with Gasteiger partial charge in [-0.2, -0.15) is 0 Å². The molecule has 0 aliphatic heterocycles. The fraction of sp³-hybridized carbons (Fsp3) is 0.189. The van der Waals surface area contributed by atoms with E-state index in [1.54, 1.807) is 37.3 Å². The molecule has 0 spiro atoms. The Labute approximate surface area is 278 Å². The third kappa shape index (κ3) is 9.69. The van der Waals surface area contributed by atoms with Crippen molar-refractivity contribution in [2.24, 2.45) is 0 Å². The fourth-order valence-corrected chi connectivity index (χ4v) is 4.25. The lowest BCUT2D eigenvalue weighted by Crippen LogP contribution is -2.15. The average molecular weight is 657 g/mol. The monoisotopic (exact) mass is 656 g/mol. The van der Waals surface area contributed by atoms with Crippen LogP contribution in [0.5, 0.6) is 23.0 Å². The van der Waals surface area contributed by atoms with Crippen molar-refractivity contribution in [2.75, 3.05) is 41.2 Å². The molecule has 0 aliphatic rings. The molecular weight excluding hydrogens is 620 g/mol. The van der Waals surface area contributed by atoms with E-state index >= 15 is 0 Å². The number of hydrogen-bond acceptors (Lipinski definition) is 11. The summed E-state index contributed by atoms with van der Waals surface area (Å²) in [4.78, 5) is 50.1. The number of hydrogen-bond donors (Lipinski definition) is 0. The van der Waals surface area contributed by atoms with Gasteiger partial charge in [0.25, 0.3) is 0 Å². The summed E-state index contributed by atoms with van der Waals surface area (Å²) in [6.07, 6.45) is 1.01. The summed E-state index contributed by atoms with van der Waals surface area (Å²) >= 11 is 0. The predicted octanol–water partition coefficient (Wildman–Crippen LogP) is 5.74. The molecule has 3 aromatic carbocycles. The van der Waals surface area contributed by atoms with E-state index in [-0.39, 0.29) is 59.5 Å². The Hall–Kier alpha value is -5.62. The molecule has 0 saturated carbocycles. The lowest BCUT2D eigenvalue weighted by atomic mass is 9.95. The quantitative estimate of drug-likeness (QED) is 0.106. The topological polar surface area (TPSA) is 133 Å². The zero-order valence-corrected chi connectivity index (χ0v) is 27.2. The highest BCUT2D eigenvalue weighted by Gasteiger charge is 2.22. The number of carbonyl (C=O) groups is 4. The second kappa shape index (κ2) is 17.3. The highest BCUT2D eigenvalue weighted by Crippen LogP contribution is 2.43. The Morgan fingerprint density at radius 1 is 0.583 bits per heavy atom. The van der Waals surface area contributed by atoms with Gasteiger partial charge in [-0.25, -0.2) is 19.2 Å². The number of benzene rings is 3. The van der Waals surface area contributed by atoms with Crippen molar-refractivity contribution < 1.29 is 52.3 Å². The first-order valence-electron chi connectivity index (χ1n) is 14.3. The molecule has 0 atom stereocenters. The lowest BCUT2D eigenvalue weighted by Gasteiger charge is -2.18. The van der Waals surface area contributed by atoms with Crippen LogP contribution in [0.2, 0.25) is 0 Å². The number of aryl methyl sites for hydroxylation is 1. The van der Waals surface area contributed by atoms with Gasteiger partial charge in [0.2, 0.25) is 0 Å². The van der Waals surface area contributed by atoms with Gasteiger partial charge in [-0.05, 0) is 60.0 Å². The highest BCUT2D eigenvalue weighted by atomic mass is 16.6. The van der Waals surface area contributed by atoms with Crippen molar-refractivity contribution in [2.45, 2.75) is 6.92 Å². The minimum Gasteiger partial charge on any atom is -0.423 e. The Bertz CT molecular complexity index is 1750. The molecule has 0 amide bonds. The standard InChI is InChI=1S/C37H36O11/c1-9-34(38)47-32-18-31(29-15-14-28(16-22(29)2)46-36(40)24(4)20-43-7)33(48-37(41)25(5)21-44-8)17-30(32)26-10-12-27(13-11-26)45-35(39)23(3)19-42-6/h9-18H,1,3-5,19-21H2,2,6-8H3. The van der Waals surface area contributed by atoms with E-state index in [4.69, 9.17) is 33.2 Å². The molecule has 250 valence electrons. The van der Waals surface area contributed by atoms with Crippen LogP contribution >= 0.6 is 0 Å². The van der Waals surface area contributed by atoms with Crippen LogP contribution in [0, 0.1) is 6.92 Å². The minimum absolute atomic E-state index is 0.00948. The van der Waals surface area contributed by atoms with Crippen molar-refractivity contribution in [3.63, 3.8) is 0 Å². The van der Waals surface area contributed by atoms with Crippen molar-refractivity contribution in [1.82, 2.24) is 0 Å². The van der Waals surface area contributed by atoms with Crippen LogP contribution in [0.4, 0.5) is 0 Å². The summed E-state index contributed by atoms with van der Waals surface area (Å²) in [7, 11) is 4.29. The molecule has 0 fully saturated rings. The van der Waals surface area contributed by atoms with Gasteiger partial charge < -0.3 is 33.2 Å². The van der Waals surface area contributed by atoms with Gasteiger partial charge in [0.15, 0.2) is 0 Å². The summed E-state index contributed by atoms with van der Waals surface area (Å²) in [6, 6.07) is 14.2. The SMILES string of the molecule is C=CC(=O)Oc1cc(-c2ccc(OC(=O)C(=C)COC)cc2C)c(OC(=O)C(=C)COC)cc1-c1ccc(OC(=O)C(=C)COC)cc1. The van der Waals surface area contributed by atoms with Crippen LogP contribution in [0.1, 0.15) is 5.56 Å². The third-order valence-electron chi connectivity index (χ3n) is 6.56. The Balaban J connectivity index is 2.14. The van der Waals surface area contributed by atoms with E-state index < -0.39 is 23.9 Å². The second-order valence-corrected chi connectivity index (χ2v) is 10.2. The van der Waals surface area contributed by atoms with E-state index in [1.165, 1.54) is 45.6 Å². The number of rotatable bonds is 16. The Morgan fingerprint density at radius 2 is 1.04 bits per heavy atom. The van der Waals surface area contributed by atoms with Crippen LogP contribution < -0.4 is 18.9 Å². The van der Waals surface area contributed by atoms with Gasteiger partial charge in [0, 0.05) is 38.5 Å². The maximum absolute atomic E-state index is 13.0. The average Bonchev–Trinajstić information content (AvgIpc) is 3.06.